The van der Waals surface area contributed by atoms with E-state index in [0.717, 1.165) is 48.9 Å². The van der Waals surface area contributed by atoms with Crippen molar-refractivity contribution < 1.29 is 28.8 Å². The van der Waals surface area contributed by atoms with Crippen molar-refractivity contribution in [3.05, 3.63) is 113 Å². The van der Waals surface area contributed by atoms with Crippen LogP contribution < -0.4 is 26.6 Å². The first-order valence-electron chi connectivity index (χ1n) is 20.3. The van der Waals surface area contributed by atoms with Gasteiger partial charge in [-0.05, 0) is 85.7 Å². The lowest BCUT2D eigenvalue weighted by Gasteiger charge is -2.45. The fraction of sp³-hybridized carbons (Fsp3) is 0.356. The van der Waals surface area contributed by atoms with E-state index in [2.05, 4.69) is 43.5 Å². The predicted molar refractivity (Wildman–Crippen MR) is 217 cm³/mol. The monoisotopic (exact) mass is 792 g/mol. The maximum atomic E-state index is 13.7. The number of aromatic nitrogens is 2. The minimum absolute atomic E-state index is 0.0340. The summed E-state index contributed by atoms with van der Waals surface area (Å²) in [6.45, 7) is 1.21. The molecule has 4 aromatic rings. The van der Waals surface area contributed by atoms with Gasteiger partial charge in [0.25, 0.3) is 11.8 Å². The highest BCUT2D eigenvalue weighted by Crippen LogP contribution is 2.56. The van der Waals surface area contributed by atoms with Gasteiger partial charge in [0.05, 0.1) is 23.2 Å². The number of hydrogen-bond acceptors (Lipinski definition) is 8. The first kappa shape index (κ1) is 38.0. The summed E-state index contributed by atoms with van der Waals surface area (Å²) in [6.07, 6.45) is 9.75. The smallest absolute Gasteiger partial charge is 0.255 e. The number of carbonyl (C=O) groups is 6. The maximum Gasteiger partial charge on any atom is 0.255 e. The van der Waals surface area contributed by atoms with E-state index >= 15 is 0 Å². The third-order valence-corrected chi connectivity index (χ3v) is 12.6. The second-order valence-corrected chi connectivity index (χ2v) is 16.1. The topological polar surface area (TPSA) is 184 Å². The molecule has 3 atom stereocenters. The number of nitrogens with one attached hydrogen (secondary N) is 5. The molecule has 2 saturated heterocycles. The average molecular weight is 793 g/mol. The van der Waals surface area contributed by atoms with Crippen molar-refractivity contribution in [2.45, 2.75) is 93.9 Å². The number of para-hydroxylation sites is 1. The van der Waals surface area contributed by atoms with Gasteiger partial charge in [0.15, 0.2) is 0 Å². The third-order valence-electron chi connectivity index (χ3n) is 12.6. The molecule has 1 saturated carbocycles. The molecule has 1 aliphatic carbocycles. The minimum atomic E-state index is -0.805. The SMILES string of the molecule is O=C1CCC(N2Cc3c(C#Cc4cnn(CCCNC(=O)c5ccc(NC(=O)C6CC7(C(=O)Nc8ccccc87)C7(CCCCC7)N6)cc5)c4)cccc3C2=O)C(=O)N1. The van der Waals surface area contributed by atoms with Crippen LogP contribution in [0.3, 0.4) is 0 Å². The Kier molecular flexibility index (Phi) is 9.84. The molecule has 0 radical (unpaired) electrons. The Bertz CT molecular complexity index is 2460. The zero-order valence-corrected chi connectivity index (χ0v) is 32.4. The Morgan fingerprint density at radius 1 is 0.915 bits per heavy atom. The minimum Gasteiger partial charge on any atom is -0.352 e. The quantitative estimate of drug-likeness (QED) is 0.102. The zero-order valence-electron chi connectivity index (χ0n) is 32.4. The summed E-state index contributed by atoms with van der Waals surface area (Å²) in [6, 6.07) is 18.7. The summed E-state index contributed by atoms with van der Waals surface area (Å²) >= 11 is 0. The van der Waals surface area contributed by atoms with Gasteiger partial charge in [0.1, 0.15) is 6.04 Å². The number of carbonyl (C=O) groups excluding carboxylic acids is 6. The van der Waals surface area contributed by atoms with Gasteiger partial charge < -0.3 is 20.9 Å². The van der Waals surface area contributed by atoms with Gasteiger partial charge in [-0.2, -0.15) is 5.10 Å². The van der Waals surface area contributed by atoms with E-state index in [1.807, 2.05) is 36.5 Å². The summed E-state index contributed by atoms with van der Waals surface area (Å²) < 4.78 is 1.76. The lowest BCUT2D eigenvalue weighted by Crippen LogP contribution is -2.59. The van der Waals surface area contributed by atoms with E-state index in [1.165, 1.54) is 4.90 Å². The number of fused-ring (bicyclic) bond motifs is 4. The molecule has 3 unspecified atom stereocenters. The molecule has 3 fully saturated rings. The molecule has 0 bridgehead atoms. The van der Waals surface area contributed by atoms with Crippen molar-refractivity contribution >= 4 is 46.8 Å². The van der Waals surface area contributed by atoms with Crippen molar-refractivity contribution in [2.24, 2.45) is 0 Å². The molecule has 5 heterocycles. The highest BCUT2D eigenvalue weighted by Gasteiger charge is 2.66. The van der Waals surface area contributed by atoms with Crippen molar-refractivity contribution in [1.29, 1.82) is 0 Å². The number of benzene rings is 3. The summed E-state index contributed by atoms with van der Waals surface area (Å²) in [5, 5.41) is 19.5. The molecule has 9 rings (SSSR count). The number of nitrogens with zero attached hydrogens (tertiary/aromatic N) is 3. The Labute approximate surface area is 340 Å². The number of imide groups is 1. The summed E-state index contributed by atoms with van der Waals surface area (Å²) in [5.74, 6) is 4.79. The van der Waals surface area contributed by atoms with Crippen LogP contribution in [0.2, 0.25) is 0 Å². The highest BCUT2D eigenvalue weighted by atomic mass is 16.2. The Hall–Kier alpha value is -6.59. The van der Waals surface area contributed by atoms with E-state index < -0.39 is 28.9 Å². The summed E-state index contributed by atoms with van der Waals surface area (Å²) in [5.41, 5.74) is 4.18. The highest BCUT2D eigenvalue weighted by molar-refractivity contribution is 6.09. The lowest BCUT2D eigenvalue weighted by molar-refractivity contribution is -0.137. The van der Waals surface area contributed by atoms with Crippen LogP contribution >= 0.6 is 0 Å². The van der Waals surface area contributed by atoms with Crippen LogP contribution in [0, 0.1) is 11.8 Å². The van der Waals surface area contributed by atoms with Gasteiger partial charge in [-0.1, -0.05) is 55.4 Å². The molecule has 300 valence electrons. The van der Waals surface area contributed by atoms with E-state index in [1.54, 1.807) is 47.3 Å². The molecule has 59 heavy (non-hydrogen) atoms. The predicted octanol–water partition coefficient (Wildman–Crippen LogP) is 3.76. The molecule has 1 aromatic heterocycles. The maximum absolute atomic E-state index is 13.7. The Morgan fingerprint density at radius 2 is 1.73 bits per heavy atom. The molecule has 3 aromatic carbocycles. The molecule has 14 nitrogen and oxygen atoms in total. The first-order chi connectivity index (χ1) is 28.6. The van der Waals surface area contributed by atoms with Crippen molar-refractivity contribution in [1.82, 2.24) is 30.6 Å². The Balaban J connectivity index is 0.761. The van der Waals surface area contributed by atoms with Gasteiger partial charge >= 0.3 is 0 Å². The molecule has 14 heteroatoms. The normalized spacial score (nSPS) is 22.7. The molecule has 2 spiro atoms. The fourth-order valence-electron chi connectivity index (χ4n) is 9.76. The number of rotatable bonds is 8. The van der Waals surface area contributed by atoms with Crippen molar-refractivity contribution in [2.75, 3.05) is 17.2 Å². The first-order valence-corrected chi connectivity index (χ1v) is 20.3. The van der Waals surface area contributed by atoms with Gasteiger partial charge in [-0.15, -0.1) is 0 Å². The molecule has 5 aliphatic rings. The number of anilines is 2. The van der Waals surface area contributed by atoms with E-state index in [-0.39, 0.29) is 42.5 Å². The van der Waals surface area contributed by atoms with Crippen LogP contribution in [0.15, 0.2) is 79.1 Å². The largest absolute Gasteiger partial charge is 0.352 e. The van der Waals surface area contributed by atoms with Crippen LogP contribution in [-0.4, -0.2) is 74.3 Å². The molecule has 5 N–H and O–H groups in total. The zero-order chi connectivity index (χ0) is 40.7. The van der Waals surface area contributed by atoms with Crippen LogP contribution in [0.25, 0.3) is 0 Å². The van der Waals surface area contributed by atoms with Crippen LogP contribution in [0.4, 0.5) is 11.4 Å². The summed E-state index contributed by atoms with van der Waals surface area (Å²) in [4.78, 5) is 79.1. The van der Waals surface area contributed by atoms with Gasteiger partial charge in [-0.25, -0.2) is 0 Å². The van der Waals surface area contributed by atoms with Gasteiger partial charge in [0.2, 0.25) is 23.6 Å². The number of amides is 6. The third kappa shape index (κ3) is 6.85. The van der Waals surface area contributed by atoms with Gasteiger partial charge in [-0.3, -0.25) is 44.1 Å². The van der Waals surface area contributed by atoms with E-state index in [0.29, 0.717) is 60.3 Å². The summed E-state index contributed by atoms with van der Waals surface area (Å²) in [7, 11) is 0. The van der Waals surface area contributed by atoms with Crippen LogP contribution in [0.1, 0.15) is 101 Å². The Morgan fingerprint density at radius 3 is 2.54 bits per heavy atom. The number of hydrogen-bond donors (Lipinski definition) is 5. The standard InChI is InChI=1S/C45H44N8O6/c54-38-19-18-37(41(57)50-38)53-27-33-29(8-6-9-32(33)42(53)58)13-12-28-25-47-52(26-28)23-7-22-46-39(55)30-14-16-31(17-15-30)48-40(56)36-24-45(44(51-36)20-4-1-5-21-44)34-10-2-3-11-35(34)49-43(45)59/h2-3,6,8-11,14-17,25-26,36-37,51H,1,4-5,7,18-24,27H2,(H,46,55)(H,48,56)(H,49,59)(H,50,54,57). The van der Waals surface area contributed by atoms with Crippen LogP contribution in [0.5, 0.6) is 0 Å². The fourth-order valence-corrected chi connectivity index (χ4v) is 9.76. The number of piperidine rings is 1. The molecular formula is C45H44N8O6. The van der Waals surface area contributed by atoms with Crippen molar-refractivity contribution in [3.63, 3.8) is 0 Å². The second kappa shape index (κ2) is 15.3. The molecular weight excluding hydrogens is 749 g/mol. The van der Waals surface area contributed by atoms with E-state index in [4.69, 9.17) is 0 Å². The lowest BCUT2D eigenvalue weighted by atomic mass is 9.60. The molecule has 6 amide bonds. The van der Waals surface area contributed by atoms with Gasteiger partial charge in [0, 0.05) is 65.9 Å². The average Bonchev–Trinajstić information content (AvgIpc) is 4.00. The van der Waals surface area contributed by atoms with E-state index in [9.17, 15) is 28.8 Å². The number of aryl methyl sites for hydroxylation is 1. The molecule has 4 aliphatic heterocycles. The second-order valence-electron chi connectivity index (χ2n) is 16.1. The van der Waals surface area contributed by atoms with Crippen LogP contribution in [-0.2, 0) is 37.7 Å². The van der Waals surface area contributed by atoms with Crippen molar-refractivity contribution in [3.8, 4) is 11.8 Å².